The number of imidazole rings is 1. The lowest BCUT2D eigenvalue weighted by Crippen LogP contribution is -2.06. The van der Waals surface area contributed by atoms with Crippen molar-refractivity contribution in [1.29, 1.82) is 0 Å². The highest BCUT2D eigenvalue weighted by molar-refractivity contribution is 7.11. The first-order chi connectivity index (χ1) is 10.3. The van der Waals surface area contributed by atoms with Crippen LogP contribution in [0.4, 0.5) is 5.69 Å². The van der Waals surface area contributed by atoms with E-state index < -0.39 is 0 Å². The zero-order valence-electron chi connectivity index (χ0n) is 12.1. The van der Waals surface area contributed by atoms with Crippen LogP contribution in [0.2, 0.25) is 0 Å². The van der Waals surface area contributed by atoms with E-state index in [0.29, 0.717) is 0 Å². The van der Waals surface area contributed by atoms with Gasteiger partial charge in [-0.15, -0.1) is 11.3 Å². The summed E-state index contributed by atoms with van der Waals surface area (Å²) in [6.07, 6.45) is 8.42. The summed E-state index contributed by atoms with van der Waals surface area (Å²) >= 11 is 1.75. The number of aromatic nitrogens is 4. The molecule has 3 aromatic rings. The Bertz CT molecular complexity index is 731. The Morgan fingerprint density at radius 1 is 1.24 bits per heavy atom. The summed E-state index contributed by atoms with van der Waals surface area (Å²) in [6.45, 7) is 4.84. The molecule has 0 aliphatic carbocycles. The molecular formula is C15H17N5S. The molecule has 0 saturated heterocycles. The first-order valence-corrected chi connectivity index (χ1v) is 7.72. The van der Waals surface area contributed by atoms with Gasteiger partial charge in [-0.2, -0.15) is 0 Å². The molecule has 0 aliphatic rings. The van der Waals surface area contributed by atoms with E-state index in [1.807, 2.05) is 36.0 Å². The topological polar surface area (TPSA) is 55.6 Å². The Labute approximate surface area is 127 Å². The van der Waals surface area contributed by atoms with Crippen LogP contribution < -0.4 is 5.32 Å². The molecule has 0 atom stereocenters. The maximum Gasteiger partial charge on any atom is 0.161 e. The molecule has 0 amide bonds. The third kappa shape index (κ3) is 2.95. The van der Waals surface area contributed by atoms with Gasteiger partial charge in [-0.1, -0.05) is 6.92 Å². The first kappa shape index (κ1) is 13.8. The number of pyridine rings is 1. The molecule has 21 heavy (non-hydrogen) atoms. The summed E-state index contributed by atoms with van der Waals surface area (Å²) in [4.78, 5) is 14.3. The molecule has 3 rings (SSSR count). The molecule has 0 bridgehead atoms. The van der Waals surface area contributed by atoms with Crippen molar-refractivity contribution in [3.05, 3.63) is 52.6 Å². The Morgan fingerprint density at radius 2 is 2.14 bits per heavy atom. The van der Waals surface area contributed by atoms with E-state index in [9.17, 15) is 0 Å². The highest BCUT2D eigenvalue weighted by Gasteiger charge is 2.08. The quantitative estimate of drug-likeness (QED) is 0.786. The van der Waals surface area contributed by atoms with Crippen LogP contribution in [0, 0.1) is 6.92 Å². The molecule has 108 valence electrons. The van der Waals surface area contributed by atoms with Gasteiger partial charge in [-0.05, 0) is 25.5 Å². The number of nitrogens with zero attached hydrogens (tertiary/aromatic N) is 4. The Kier molecular flexibility index (Phi) is 3.96. The van der Waals surface area contributed by atoms with Gasteiger partial charge in [0.1, 0.15) is 5.82 Å². The average molecular weight is 299 g/mol. The van der Waals surface area contributed by atoms with Gasteiger partial charge in [0.15, 0.2) is 5.82 Å². The first-order valence-electron chi connectivity index (χ1n) is 6.90. The highest BCUT2D eigenvalue weighted by atomic mass is 32.1. The van der Waals surface area contributed by atoms with Gasteiger partial charge in [0.05, 0.1) is 17.2 Å². The minimum atomic E-state index is 0.754. The van der Waals surface area contributed by atoms with Gasteiger partial charge >= 0.3 is 0 Å². The lowest BCUT2D eigenvalue weighted by atomic mass is 10.3. The fraction of sp³-hybridized carbons (Fsp3) is 0.267. The fourth-order valence-corrected chi connectivity index (χ4v) is 2.91. The van der Waals surface area contributed by atoms with Crippen LogP contribution in [-0.2, 0) is 13.0 Å². The predicted molar refractivity (Wildman–Crippen MR) is 84.9 cm³/mol. The molecule has 0 saturated carbocycles. The molecule has 1 N–H and O–H groups in total. The number of nitrogens with one attached hydrogen (secondary N) is 1. The zero-order chi connectivity index (χ0) is 14.7. The smallest absolute Gasteiger partial charge is 0.161 e. The minimum Gasteiger partial charge on any atom is -0.377 e. The van der Waals surface area contributed by atoms with Crippen LogP contribution in [-0.4, -0.2) is 19.5 Å². The predicted octanol–water partition coefficient (Wildman–Crippen LogP) is 3.21. The maximum absolute atomic E-state index is 4.46. The molecule has 0 unspecified atom stereocenters. The van der Waals surface area contributed by atoms with E-state index in [0.717, 1.165) is 30.3 Å². The monoisotopic (exact) mass is 299 g/mol. The normalized spacial score (nSPS) is 10.8. The van der Waals surface area contributed by atoms with Crippen molar-refractivity contribution in [1.82, 2.24) is 19.5 Å². The Balaban J connectivity index is 1.81. The van der Waals surface area contributed by atoms with Crippen LogP contribution in [0.1, 0.15) is 22.6 Å². The van der Waals surface area contributed by atoms with Gasteiger partial charge in [0.25, 0.3) is 0 Å². The zero-order valence-corrected chi connectivity index (χ0v) is 12.9. The third-order valence-electron chi connectivity index (χ3n) is 3.20. The van der Waals surface area contributed by atoms with Crippen LogP contribution in [0.25, 0.3) is 5.82 Å². The average Bonchev–Trinajstić information content (AvgIpc) is 3.14. The van der Waals surface area contributed by atoms with Crippen molar-refractivity contribution in [2.75, 3.05) is 5.32 Å². The molecule has 6 heteroatoms. The summed E-state index contributed by atoms with van der Waals surface area (Å²) in [6, 6.07) is 3.96. The largest absolute Gasteiger partial charge is 0.377 e. The molecule has 3 heterocycles. The summed E-state index contributed by atoms with van der Waals surface area (Å²) in [5, 5.41) is 4.61. The summed E-state index contributed by atoms with van der Waals surface area (Å²) in [7, 11) is 0. The van der Waals surface area contributed by atoms with Crippen LogP contribution in [0.3, 0.4) is 0 Å². The molecular weight excluding hydrogens is 282 g/mol. The van der Waals surface area contributed by atoms with Crippen molar-refractivity contribution >= 4 is 17.0 Å². The van der Waals surface area contributed by atoms with Crippen molar-refractivity contribution < 1.29 is 0 Å². The van der Waals surface area contributed by atoms with Crippen molar-refractivity contribution in [2.24, 2.45) is 0 Å². The molecule has 0 radical (unpaired) electrons. The molecule has 0 spiro atoms. The summed E-state index contributed by atoms with van der Waals surface area (Å²) in [5.41, 5.74) is 0.991. The molecule has 0 aromatic carbocycles. The third-order valence-corrected chi connectivity index (χ3v) is 4.34. The van der Waals surface area contributed by atoms with Crippen LogP contribution >= 0.6 is 11.3 Å². The number of hydrogen-bond acceptors (Lipinski definition) is 5. The standard InChI is InChI=1S/C15H17N5S/c1-3-14-19-10-12(21-14)9-18-13-5-4-6-17-15(13)20-8-7-16-11(20)2/h4-8,10,18H,3,9H2,1-2H3. The number of anilines is 1. The molecule has 3 aromatic heterocycles. The molecule has 0 fully saturated rings. The SMILES string of the molecule is CCc1ncc(CNc2cccnc2-n2ccnc2C)s1. The van der Waals surface area contributed by atoms with Crippen LogP contribution in [0.5, 0.6) is 0 Å². The van der Waals surface area contributed by atoms with Gasteiger partial charge in [0.2, 0.25) is 0 Å². The second-order valence-corrected chi connectivity index (χ2v) is 5.85. The summed E-state index contributed by atoms with van der Waals surface area (Å²) in [5.74, 6) is 1.79. The number of rotatable bonds is 5. The fourth-order valence-electron chi connectivity index (χ4n) is 2.10. The number of thiazole rings is 1. The second-order valence-electron chi connectivity index (χ2n) is 4.65. The second kappa shape index (κ2) is 6.05. The van der Waals surface area contributed by atoms with Gasteiger partial charge < -0.3 is 5.32 Å². The van der Waals surface area contributed by atoms with E-state index in [1.165, 1.54) is 9.88 Å². The lowest BCUT2D eigenvalue weighted by molar-refractivity contribution is 0.929. The lowest BCUT2D eigenvalue weighted by Gasteiger charge is -2.11. The van der Waals surface area contributed by atoms with E-state index in [4.69, 9.17) is 0 Å². The van der Waals surface area contributed by atoms with Crippen LogP contribution in [0.15, 0.2) is 36.9 Å². The van der Waals surface area contributed by atoms with Crippen molar-refractivity contribution in [3.63, 3.8) is 0 Å². The minimum absolute atomic E-state index is 0.754. The Hall–Kier alpha value is -2.21. The van der Waals surface area contributed by atoms with E-state index >= 15 is 0 Å². The van der Waals surface area contributed by atoms with Crippen molar-refractivity contribution in [2.45, 2.75) is 26.8 Å². The van der Waals surface area contributed by atoms with Crippen molar-refractivity contribution in [3.8, 4) is 5.82 Å². The van der Waals surface area contributed by atoms with Gasteiger partial charge in [0, 0.05) is 29.7 Å². The highest BCUT2D eigenvalue weighted by Crippen LogP contribution is 2.21. The van der Waals surface area contributed by atoms with Gasteiger partial charge in [-0.25, -0.2) is 15.0 Å². The maximum atomic E-state index is 4.46. The van der Waals surface area contributed by atoms with E-state index in [-0.39, 0.29) is 0 Å². The number of hydrogen-bond donors (Lipinski definition) is 1. The van der Waals surface area contributed by atoms with E-state index in [2.05, 4.69) is 27.2 Å². The molecule has 0 aliphatic heterocycles. The number of aryl methyl sites for hydroxylation is 2. The van der Waals surface area contributed by atoms with Gasteiger partial charge in [-0.3, -0.25) is 4.57 Å². The van der Waals surface area contributed by atoms with E-state index in [1.54, 1.807) is 23.7 Å². The molecule has 5 nitrogen and oxygen atoms in total. The summed E-state index contributed by atoms with van der Waals surface area (Å²) < 4.78 is 1.98. The Morgan fingerprint density at radius 3 is 2.86 bits per heavy atom.